The smallest absolute Gasteiger partial charge is 0.247 e. The third-order valence-corrected chi connectivity index (χ3v) is 13.8. The molecule has 3 heterocycles. The van der Waals surface area contributed by atoms with Crippen LogP contribution in [0.2, 0.25) is 0 Å². The van der Waals surface area contributed by atoms with Crippen LogP contribution < -0.4 is 21.3 Å². The standard InChI is InChI=1S/C59H54BN3/c1-36(2)41-31-46(37(3)4)59(47(32-41)38(5)6)60-51-26-25-44(63-54-27-23-39(7)29-48(54)49-30-40(8)24-28-55(49)63)33-57(51)62(43-19-13-10-14-20-43)58-34-50-45-21-15-16-22-53(45)61(56(50)35-52(58)60)42-17-11-9-12-18-42/h9-38H,1-8H3. The molecule has 0 atom stereocenters. The molecule has 308 valence electrons. The van der Waals surface area contributed by atoms with Crippen molar-refractivity contribution >= 4 is 83.8 Å². The lowest BCUT2D eigenvalue weighted by Gasteiger charge is -2.39. The van der Waals surface area contributed by atoms with Crippen molar-refractivity contribution in [1.29, 1.82) is 0 Å². The Labute approximate surface area is 372 Å². The molecule has 0 saturated heterocycles. The number of aryl methyl sites for hydroxylation is 2. The average Bonchev–Trinajstić information content (AvgIpc) is 3.78. The van der Waals surface area contributed by atoms with Gasteiger partial charge in [0.1, 0.15) is 0 Å². The molecule has 0 spiro atoms. The van der Waals surface area contributed by atoms with E-state index in [1.165, 1.54) is 105 Å². The van der Waals surface area contributed by atoms with Crippen molar-refractivity contribution in [2.75, 3.05) is 4.90 Å². The predicted octanol–water partition coefficient (Wildman–Crippen LogP) is 14.2. The molecule has 2 aromatic heterocycles. The number of fused-ring (bicyclic) bond motifs is 8. The second-order valence-corrected chi connectivity index (χ2v) is 18.9. The molecule has 0 aliphatic carbocycles. The Kier molecular flexibility index (Phi) is 9.28. The highest BCUT2D eigenvalue weighted by Crippen LogP contribution is 2.43. The zero-order valence-corrected chi connectivity index (χ0v) is 37.7. The van der Waals surface area contributed by atoms with E-state index < -0.39 is 0 Å². The van der Waals surface area contributed by atoms with Crippen molar-refractivity contribution in [2.45, 2.75) is 73.1 Å². The fourth-order valence-electron chi connectivity index (χ4n) is 10.7. The van der Waals surface area contributed by atoms with Gasteiger partial charge in [0, 0.05) is 50.0 Å². The van der Waals surface area contributed by atoms with Crippen LogP contribution in [0.1, 0.15) is 87.1 Å². The van der Waals surface area contributed by atoms with Crippen LogP contribution in [0, 0.1) is 13.8 Å². The summed E-state index contributed by atoms with van der Waals surface area (Å²) in [6.45, 7) is 18.6. The van der Waals surface area contributed by atoms with Gasteiger partial charge in [-0.1, -0.05) is 143 Å². The van der Waals surface area contributed by atoms with Gasteiger partial charge in [-0.05, 0) is 138 Å². The van der Waals surface area contributed by atoms with E-state index in [4.69, 9.17) is 0 Å². The quantitative estimate of drug-likeness (QED) is 0.146. The van der Waals surface area contributed by atoms with Crippen LogP contribution in [0.25, 0.3) is 55.0 Å². The molecule has 0 unspecified atom stereocenters. The van der Waals surface area contributed by atoms with Crippen LogP contribution in [-0.4, -0.2) is 15.8 Å². The first-order chi connectivity index (χ1) is 30.6. The molecule has 8 aromatic carbocycles. The van der Waals surface area contributed by atoms with Gasteiger partial charge in [0.2, 0.25) is 6.71 Å². The van der Waals surface area contributed by atoms with Gasteiger partial charge < -0.3 is 14.0 Å². The van der Waals surface area contributed by atoms with E-state index in [1.54, 1.807) is 0 Å². The Hall–Kier alpha value is -6.78. The molecule has 3 nitrogen and oxygen atoms in total. The molecule has 11 rings (SSSR count). The van der Waals surface area contributed by atoms with Crippen LogP contribution in [0.4, 0.5) is 17.1 Å². The number of para-hydroxylation sites is 3. The third-order valence-electron chi connectivity index (χ3n) is 13.8. The van der Waals surface area contributed by atoms with E-state index in [1.807, 2.05) is 0 Å². The number of rotatable bonds is 7. The number of aromatic nitrogens is 2. The van der Waals surface area contributed by atoms with Crippen molar-refractivity contribution in [3.8, 4) is 11.4 Å². The van der Waals surface area contributed by atoms with Gasteiger partial charge in [0.05, 0.1) is 22.1 Å². The SMILES string of the molecule is Cc1ccc2c(c1)c1cc(C)ccc1n2-c1ccc2c(c1)N(c1ccccc1)c1cc3c4ccccc4n(-c4ccccc4)c3cc1B2c1c(C(C)C)cc(C(C)C)cc1C(C)C. The summed E-state index contributed by atoms with van der Waals surface area (Å²) in [5.41, 5.74) is 21.8. The second kappa shape index (κ2) is 14.9. The van der Waals surface area contributed by atoms with Crippen LogP contribution in [0.5, 0.6) is 0 Å². The Morgan fingerprint density at radius 3 is 1.51 bits per heavy atom. The molecule has 0 N–H and O–H groups in total. The second-order valence-electron chi connectivity index (χ2n) is 18.9. The first-order valence-electron chi connectivity index (χ1n) is 22.9. The number of hydrogen-bond acceptors (Lipinski definition) is 1. The van der Waals surface area contributed by atoms with Crippen molar-refractivity contribution in [1.82, 2.24) is 9.13 Å². The van der Waals surface area contributed by atoms with Gasteiger partial charge in [0.15, 0.2) is 0 Å². The lowest BCUT2D eigenvalue weighted by atomic mass is 9.33. The van der Waals surface area contributed by atoms with Gasteiger partial charge in [0.25, 0.3) is 0 Å². The first-order valence-corrected chi connectivity index (χ1v) is 22.9. The van der Waals surface area contributed by atoms with Crippen LogP contribution >= 0.6 is 0 Å². The van der Waals surface area contributed by atoms with Gasteiger partial charge in [-0.2, -0.15) is 0 Å². The van der Waals surface area contributed by atoms with E-state index in [-0.39, 0.29) is 6.71 Å². The lowest BCUT2D eigenvalue weighted by molar-refractivity contribution is 0.812. The summed E-state index contributed by atoms with van der Waals surface area (Å²) >= 11 is 0. The highest BCUT2D eigenvalue weighted by Gasteiger charge is 2.40. The summed E-state index contributed by atoms with van der Waals surface area (Å²) in [6.07, 6.45) is 0. The minimum atomic E-state index is -0.0184. The zero-order valence-electron chi connectivity index (χ0n) is 37.7. The summed E-state index contributed by atoms with van der Waals surface area (Å²) in [6, 6.07) is 62.2. The maximum absolute atomic E-state index is 2.56. The zero-order chi connectivity index (χ0) is 43.3. The maximum Gasteiger partial charge on any atom is 0.247 e. The summed E-state index contributed by atoms with van der Waals surface area (Å²) in [7, 11) is 0. The normalized spacial score (nSPS) is 12.8. The van der Waals surface area contributed by atoms with Crippen LogP contribution in [0.3, 0.4) is 0 Å². The van der Waals surface area contributed by atoms with E-state index in [0.29, 0.717) is 17.8 Å². The van der Waals surface area contributed by atoms with Crippen LogP contribution in [-0.2, 0) is 0 Å². The van der Waals surface area contributed by atoms with E-state index in [9.17, 15) is 0 Å². The third kappa shape index (κ3) is 6.17. The average molecular weight is 816 g/mol. The monoisotopic (exact) mass is 815 g/mol. The fraction of sp³-hybridized carbons (Fsp3) is 0.186. The molecule has 0 amide bonds. The van der Waals surface area contributed by atoms with Crippen molar-refractivity contribution in [2.24, 2.45) is 0 Å². The van der Waals surface area contributed by atoms with Crippen molar-refractivity contribution in [3.63, 3.8) is 0 Å². The van der Waals surface area contributed by atoms with Gasteiger partial charge >= 0.3 is 0 Å². The summed E-state index contributed by atoms with van der Waals surface area (Å²) in [5.74, 6) is 1.09. The summed E-state index contributed by atoms with van der Waals surface area (Å²) < 4.78 is 4.97. The number of anilines is 3. The largest absolute Gasteiger partial charge is 0.311 e. The predicted molar refractivity (Wildman–Crippen MR) is 273 cm³/mol. The van der Waals surface area contributed by atoms with Gasteiger partial charge in [-0.25, -0.2) is 0 Å². The molecule has 0 radical (unpaired) electrons. The minimum absolute atomic E-state index is 0.0184. The molecule has 63 heavy (non-hydrogen) atoms. The molecular formula is C59H54BN3. The molecule has 0 bridgehead atoms. The summed E-state index contributed by atoms with van der Waals surface area (Å²) in [5, 5.41) is 5.09. The Bertz CT molecular complexity index is 3320. The molecular weight excluding hydrogens is 761 g/mol. The van der Waals surface area contributed by atoms with Crippen molar-refractivity contribution in [3.05, 3.63) is 192 Å². The Morgan fingerprint density at radius 1 is 0.381 bits per heavy atom. The number of hydrogen-bond donors (Lipinski definition) is 0. The van der Waals surface area contributed by atoms with Gasteiger partial charge in [-0.3, -0.25) is 0 Å². The summed E-state index contributed by atoms with van der Waals surface area (Å²) in [4.78, 5) is 2.56. The topological polar surface area (TPSA) is 13.1 Å². The van der Waals surface area contributed by atoms with Gasteiger partial charge in [-0.15, -0.1) is 0 Å². The van der Waals surface area contributed by atoms with E-state index in [2.05, 4.69) is 233 Å². The van der Waals surface area contributed by atoms with Crippen molar-refractivity contribution < 1.29 is 0 Å². The minimum Gasteiger partial charge on any atom is -0.311 e. The first kappa shape index (κ1) is 39.1. The Balaban J connectivity index is 1.29. The molecule has 0 fully saturated rings. The molecule has 1 aliphatic rings. The number of benzene rings is 8. The van der Waals surface area contributed by atoms with Crippen LogP contribution in [0.15, 0.2) is 164 Å². The Morgan fingerprint density at radius 2 is 0.905 bits per heavy atom. The highest BCUT2D eigenvalue weighted by atomic mass is 15.2. The lowest BCUT2D eigenvalue weighted by Crippen LogP contribution is -2.59. The molecule has 0 saturated carbocycles. The number of nitrogens with zero attached hydrogens (tertiary/aromatic N) is 3. The molecule has 10 aromatic rings. The fourth-order valence-corrected chi connectivity index (χ4v) is 10.7. The maximum atomic E-state index is 2.56. The molecule has 4 heteroatoms. The van der Waals surface area contributed by atoms with E-state index in [0.717, 1.165) is 11.4 Å². The van der Waals surface area contributed by atoms with E-state index >= 15 is 0 Å². The highest BCUT2D eigenvalue weighted by molar-refractivity contribution is 6.98. The molecule has 1 aliphatic heterocycles.